The lowest BCUT2D eigenvalue weighted by Crippen LogP contribution is -1.85. The second-order valence-corrected chi connectivity index (χ2v) is 4.36. The molecule has 0 aliphatic heterocycles. The van der Waals surface area contributed by atoms with E-state index in [-0.39, 0.29) is 0 Å². The summed E-state index contributed by atoms with van der Waals surface area (Å²) in [6, 6.07) is 8.61. The quantitative estimate of drug-likeness (QED) is 0.662. The minimum Gasteiger partial charge on any atom is -0.0654 e. The van der Waals surface area contributed by atoms with Gasteiger partial charge in [0.25, 0.3) is 0 Å². The van der Waals surface area contributed by atoms with Crippen LogP contribution in [-0.2, 0) is 6.42 Å². The van der Waals surface area contributed by atoms with Gasteiger partial charge in [0.15, 0.2) is 0 Å². The predicted molar refractivity (Wildman–Crippen MR) is 62.0 cm³/mol. The minimum atomic E-state index is 1.19. The smallest absolute Gasteiger partial charge is 0.0177 e. The van der Waals surface area contributed by atoms with Crippen molar-refractivity contribution in [1.29, 1.82) is 0 Å². The zero-order chi connectivity index (χ0) is 9.52. The van der Waals surface area contributed by atoms with E-state index in [1.165, 1.54) is 42.1 Å². The van der Waals surface area contributed by atoms with Crippen molar-refractivity contribution in [2.75, 3.05) is 0 Å². The van der Waals surface area contributed by atoms with Crippen molar-refractivity contribution < 1.29 is 0 Å². The van der Waals surface area contributed by atoms with Crippen molar-refractivity contribution in [3.63, 3.8) is 0 Å². The third kappa shape index (κ3) is 4.47. The third-order valence-electron chi connectivity index (χ3n) is 2.21. The number of aryl methyl sites for hydroxylation is 1. The molecule has 0 saturated heterocycles. The van der Waals surface area contributed by atoms with Crippen LogP contribution >= 0.6 is 15.9 Å². The van der Waals surface area contributed by atoms with Gasteiger partial charge in [0, 0.05) is 4.47 Å². The Morgan fingerprint density at radius 3 is 2.69 bits per heavy atom. The summed E-state index contributed by atoms with van der Waals surface area (Å²) < 4.78 is 1.19. The monoisotopic (exact) mass is 240 g/mol. The molecule has 0 N–H and O–H groups in total. The molecule has 1 aromatic carbocycles. The van der Waals surface area contributed by atoms with E-state index < -0.39 is 0 Å². The summed E-state index contributed by atoms with van der Waals surface area (Å²) in [5, 5.41) is 0. The predicted octanol–water partition coefficient (Wildman–Crippen LogP) is 4.57. The van der Waals surface area contributed by atoms with Gasteiger partial charge in [-0.1, -0.05) is 54.2 Å². The molecule has 0 radical (unpaired) electrons. The molecule has 1 aromatic rings. The van der Waals surface area contributed by atoms with Gasteiger partial charge in [-0.05, 0) is 30.5 Å². The first kappa shape index (κ1) is 10.8. The lowest BCUT2D eigenvalue weighted by Gasteiger charge is -2.01. The lowest BCUT2D eigenvalue weighted by atomic mass is 10.1. The van der Waals surface area contributed by atoms with Crippen molar-refractivity contribution in [2.45, 2.75) is 39.0 Å². The van der Waals surface area contributed by atoms with Crippen molar-refractivity contribution in [1.82, 2.24) is 0 Å². The first-order valence-corrected chi connectivity index (χ1v) is 5.86. The van der Waals surface area contributed by atoms with E-state index in [0.717, 1.165) is 0 Å². The fourth-order valence-corrected chi connectivity index (χ4v) is 1.90. The molecule has 1 heteroatoms. The molecule has 0 aromatic heterocycles. The van der Waals surface area contributed by atoms with Gasteiger partial charge in [0.05, 0.1) is 0 Å². The Hall–Kier alpha value is -0.300. The summed E-state index contributed by atoms with van der Waals surface area (Å²) in [5.41, 5.74) is 1.45. The van der Waals surface area contributed by atoms with Gasteiger partial charge >= 0.3 is 0 Å². The second kappa shape index (κ2) is 6.20. The molecule has 0 saturated carbocycles. The highest BCUT2D eigenvalue weighted by molar-refractivity contribution is 9.10. The van der Waals surface area contributed by atoms with Crippen LogP contribution in [0.3, 0.4) is 0 Å². The molecular formula is C12H17Br. The molecule has 0 unspecified atom stereocenters. The molecule has 0 spiro atoms. The van der Waals surface area contributed by atoms with Crippen LogP contribution in [0, 0.1) is 0 Å². The fourth-order valence-electron chi connectivity index (χ4n) is 1.45. The van der Waals surface area contributed by atoms with Gasteiger partial charge in [0.2, 0.25) is 0 Å². The minimum absolute atomic E-state index is 1.19. The summed E-state index contributed by atoms with van der Waals surface area (Å²) in [7, 11) is 0. The summed E-state index contributed by atoms with van der Waals surface area (Å²) in [4.78, 5) is 0. The highest BCUT2D eigenvalue weighted by Gasteiger charge is 1.93. The maximum absolute atomic E-state index is 3.48. The van der Waals surface area contributed by atoms with E-state index in [1.807, 2.05) is 0 Å². The molecule has 0 atom stereocenters. The normalized spacial score (nSPS) is 10.3. The zero-order valence-corrected chi connectivity index (χ0v) is 9.81. The molecule has 0 nitrogen and oxygen atoms in total. The third-order valence-corrected chi connectivity index (χ3v) is 2.70. The van der Waals surface area contributed by atoms with Crippen molar-refractivity contribution in [3.05, 3.63) is 34.3 Å². The molecule has 0 amide bonds. The largest absolute Gasteiger partial charge is 0.0654 e. The molecule has 0 heterocycles. The Bertz CT molecular complexity index is 243. The van der Waals surface area contributed by atoms with E-state index in [9.17, 15) is 0 Å². The van der Waals surface area contributed by atoms with Crippen LogP contribution in [0.5, 0.6) is 0 Å². The maximum atomic E-state index is 3.48. The summed E-state index contributed by atoms with van der Waals surface area (Å²) in [5.74, 6) is 0. The van der Waals surface area contributed by atoms with Crippen LogP contribution < -0.4 is 0 Å². The molecule has 1 rings (SSSR count). The highest BCUT2D eigenvalue weighted by Crippen LogP contribution is 2.14. The van der Waals surface area contributed by atoms with Crippen molar-refractivity contribution in [2.24, 2.45) is 0 Å². The topological polar surface area (TPSA) is 0 Å². The van der Waals surface area contributed by atoms with Gasteiger partial charge in [-0.25, -0.2) is 0 Å². The van der Waals surface area contributed by atoms with E-state index in [0.29, 0.717) is 0 Å². The number of benzene rings is 1. The molecular weight excluding hydrogens is 224 g/mol. The highest BCUT2D eigenvalue weighted by atomic mass is 79.9. The zero-order valence-electron chi connectivity index (χ0n) is 8.22. The average molecular weight is 241 g/mol. The molecule has 0 fully saturated rings. The summed E-state index contributed by atoms with van der Waals surface area (Å²) in [6.07, 6.45) is 6.60. The van der Waals surface area contributed by atoms with Crippen LogP contribution in [0.2, 0.25) is 0 Å². The van der Waals surface area contributed by atoms with E-state index in [2.05, 4.69) is 47.1 Å². The van der Waals surface area contributed by atoms with Gasteiger partial charge < -0.3 is 0 Å². The Morgan fingerprint density at radius 1 is 1.15 bits per heavy atom. The number of hydrogen-bond donors (Lipinski definition) is 0. The average Bonchev–Trinajstić information content (AvgIpc) is 2.13. The molecule has 72 valence electrons. The number of rotatable bonds is 5. The fraction of sp³-hybridized carbons (Fsp3) is 0.500. The van der Waals surface area contributed by atoms with Crippen LogP contribution in [-0.4, -0.2) is 0 Å². The number of unbranched alkanes of at least 4 members (excludes halogenated alkanes) is 3. The van der Waals surface area contributed by atoms with Gasteiger partial charge in [-0.15, -0.1) is 0 Å². The van der Waals surface area contributed by atoms with Crippen LogP contribution in [0.15, 0.2) is 28.7 Å². The maximum Gasteiger partial charge on any atom is 0.0177 e. The lowest BCUT2D eigenvalue weighted by molar-refractivity contribution is 0.667. The Kier molecular flexibility index (Phi) is 5.14. The van der Waals surface area contributed by atoms with Crippen LogP contribution in [0.4, 0.5) is 0 Å². The Labute approximate surface area is 89.5 Å². The van der Waals surface area contributed by atoms with Crippen LogP contribution in [0.1, 0.15) is 38.2 Å². The standard InChI is InChI=1S/C12H17Br/c1-2-3-4-5-7-11-8-6-9-12(13)10-11/h6,8-10H,2-5,7H2,1H3. The number of halogens is 1. The van der Waals surface area contributed by atoms with Crippen molar-refractivity contribution in [3.8, 4) is 0 Å². The molecule has 0 bridgehead atoms. The van der Waals surface area contributed by atoms with Crippen LogP contribution in [0.25, 0.3) is 0 Å². The van der Waals surface area contributed by atoms with E-state index >= 15 is 0 Å². The van der Waals surface area contributed by atoms with Gasteiger partial charge in [0.1, 0.15) is 0 Å². The molecule has 0 aliphatic carbocycles. The molecule has 13 heavy (non-hydrogen) atoms. The second-order valence-electron chi connectivity index (χ2n) is 3.44. The van der Waals surface area contributed by atoms with Crippen molar-refractivity contribution >= 4 is 15.9 Å². The van der Waals surface area contributed by atoms with E-state index in [1.54, 1.807) is 0 Å². The van der Waals surface area contributed by atoms with Gasteiger partial charge in [-0.3, -0.25) is 0 Å². The first-order chi connectivity index (χ1) is 6.33. The Balaban J connectivity index is 2.28. The Morgan fingerprint density at radius 2 is 2.00 bits per heavy atom. The van der Waals surface area contributed by atoms with E-state index in [4.69, 9.17) is 0 Å². The number of hydrogen-bond acceptors (Lipinski definition) is 0. The SMILES string of the molecule is CCCCCCc1cccc(Br)c1. The first-order valence-electron chi connectivity index (χ1n) is 5.07. The molecule has 0 aliphatic rings. The van der Waals surface area contributed by atoms with Gasteiger partial charge in [-0.2, -0.15) is 0 Å². The summed E-state index contributed by atoms with van der Waals surface area (Å²) >= 11 is 3.48. The summed E-state index contributed by atoms with van der Waals surface area (Å²) in [6.45, 7) is 2.25.